The number of carbonyl (C=O) groups is 2. The van der Waals surface area contributed by atoms with Crippen molar-refractivity contribution in [1.82, 2.24) is 4.90 Å². The second kappa shape index (κ2) is 7.81. The zero-order chi connectivity index (χ0) is 20.7. The first-order chi connectivity index (χ1) is 13.9. The Labute approximate surface area is 178 Å². The van der Waals surface area contributed by atoms with Crippen molar-refractivity contribution in [3.8, 4) is 0 Å². The molecule has 4 nitrogen and oxygen atoms in total. The molecule has 2 heterocycles. The molecule has 0 spiro atoms. The Balaban J connectivity index is 1.81. The minimum Gasteiger partial charge on any atom is -0.366 e. The molecular weight excluding hydrogens is 414 g/mol. The molecule has 0 atom stereocenters. The van der Waals surface area contributed by atoms with Gasteiger partial charge in [-0.05, 0) is 54.7 Å². The van der Waals surface area contributed by atoms with Crippen LogP contribution in [0, 0.1) is 11.7 Å². The van der Waals surface area contributed by atoms with Crippen LogP contribution in [0.2, 0.25) is 10.0 Å². The molecule has 2 aromatic rings. The second-order valence-electron chi connectivity index (χ2n) is 7.44. The monoisotopic (exact) mass is 432 g/mol. The van der Waals surface area contributed by atoms with E-state index < -0.39 is 17.6 Å². The molecule has 150 valence electrons. The predicted octanol–water partition coefficient (Wildman–Crippen LogP) is 5.15. The van der Waals surface area contributed by atoms with E-state index in [2.05, 4.69) is 6.92 Å². The molecule has 0 radical (unpaired) electrons. The third kappa shape index (κ3) is 3.65. The van der Waals surface area contributed by atoms with E-state index in [0.717, 1.165) is 23.8 Å². The standard InChI is InChI=1S/C22H19Cl2FN2O2/c1-13-8-10-26(11-9-13)20-19(14-2-4-15(23)5-3-14)21(28)27(22(20)29)16-6-7-18(25)17(24)12-16/h2-7,12-13H,8-11H2,1H3. The average Bonchev–Trinajstić information content (AvgIpc) is 2.96. The van der Waals surface area contributed by atoms with Crippen molar-refractivity contribution in [3.05, 3.63) is 69.6 Å². The number of benzene rings is 2. The van der Waals surface area contributed by atoms with Gasteiger partial charge in [0, 0.05) is 18.1 Å². The number of halogens is 3. The number of rotatable bonds is 3. The molecular formula is C22H19Cl2FN2O2. The highest BCUT2D eigenvalue weighted by Gasteiger charge is 2.43. The number of nitrogens with zero attached hydrogens (tertiary/aromatic N) is 2. The SMILES string of the molecule is CC1CCN(C2=C(c3ccc(Cl)cc3)C(=O)N(c3ccc(F)c(Cl)c3)C2=O)CC1. The van der Waals surface area contributed by atoms with E-state index in [1.54, 1.807) is 24.3 Å². The number of amides is 2. The minimum atomic E-state index is -0.606. The van der Waals surface area contributed by atoms with Gasteiger partial charge in [0.2, 0.25) is 0 Å². The molecule has 0 bridgehead atoms. The number of carbonyl (C=O) groups excluding carboxylic acids is 2. The third-order valence-corrected chi connectivity index (χ3v) is 6.00. The van der Waals surface area contributed by atoms with Crippen molar-refractivity contribution in [2.45, 2.75) is 19.8 Å². The number of imide groups is 1. The Morgan fingerprint density at radius 3 is 2.24 bits per heavy atom. The first kappa shape index (κ1) is 19.9. The molecule has 0 unspecified atom stereocenters. The van der Waals surface area contributed by atoms with E-state index in [1.807, 2.05) is 4.90 Å². The lowest BCUT2D eigenvalue weighted by atomic mass is 9.97. The number of hydrogen-bond donors (Lipinski definition) is 0. The van der Waals surface area contributed by atoms with Crippen molar-refractivity contribution < 1.29 is 14.0 Å². The zero-order valence-electron chi connectivity index (χ0n) is 15.8. The number of likely N-dealkylation sites (tertiary alicyclic amines) is 1. The van der Waals surface area contributed by atoms with E-state index in [1.165, 1.54) is 12.1 Å². The lowest BCUT2D eigenvalue weighted by Crippen LogP contribution is -2.38. The van der Waals surface area contributed by atoms with Crippen molar-refractivity contribution in [1.29, 1.82) is 0 Å². The molecule has 1 fully saturated rings. The van der Waals surface area contributed by atoms with Gasteiger partial charge in [-0.2, -0.15) is 0 Å². The van der Waals surface area contributed by atoms with Crippen molar-refractivity contribution in [2.75, 3.05) is 18.0 Å². The predicted molar refractivity (Wildman–Crippen MR) is 112 cm³/mol. The molecule has 2 aliphatic rings. The highest BCUT2D eigenvalue weighted by atomic mass is 35.5. The fraction of sp³-hybridized carbons (Fsp3) is 0.273. The van der Waals surface area contributed by atoms with E-state index in [0.29, 0.717) is 40.9 Å². The van der Waals surface area contributed by atoms with Crippen LogP contribution in [0.4, 0.5) is 10.1 Å². The van der Waals surface area contributed by atoms with Crippen LogP contribution in [-0.2, 0) is 9.59 Å². The van der Waals surface area contributed by atoms with Gasteiger partial charge in [-0.25, -0.2) is 9.29 Å². The van der Waals surface area contributed by atoms with Crippen LogP contribution in [-0.4, -0.2) is 29.8 Å². The Hall–Kier alpha value is -2.37. The first-order valence-electron chi connectivity index (χ1n) is 9.46. The van der Waals surface area contributed by atoms with Gasteiger partial charge < -0.3 is 4.90 Å². The Morgan fingerprint density at radius 1 is 0.966 bits per heavy atom. The van der Waals surface area contributed by atoms with Crippen molar-refractivity contribution in [3.63, 3.8) is 0 Å². The maximum atomic E-state index is 13.6. The van der Waals surface area contributed by atoms with Crippen LogP contribution in [0.3, 0.4) is 0 Å². The Kier molecular flexibility index (Phi) is 5.36. The molecule has 2 aliphatic heterocycles. The van der Waals surface area contributed by atoms with E-state index >= 15 is 0 Å². The van der Waals surface area contributed by atoms with Gasteiger partial charge in [0.05, 0.1) is 16.3 Å². The molecule has 4 rings (SSSR count). The summed E-state index contributed by atoms with van der Waals surface area (Å²) < 4.78 is 13.6. The number of hydrogen-bond acceptors (Lipinski definition) is 3. The first-order valence-corrected chi connectivity index (χ1v) is 10.2. The van der Waals surface area contributed by atoms with Gasteiger partial charge in [0.25, 0.3) is 11.8 Å². The highest BCUT2D eigenvalue weighted by molar-refractivity contribution is 6.45. The summed E-state index contributed by atoms with van der Waals surface area (Å²) in [7, 11) is 0. The normalized spacial score (nSPS) is 18.2. The van der Waals surface area contributed by atoms with Gasteiger partial charge in [-0.1, -0.05) is 42.3 Å². The largest absolute Gasteiger partial charge is 0.366 e. The number of anilines is 1. The Bertz CT molecular complexity index is 1010. The summed E-state index contributed by atoms with van der Waals surface area (Å²) in [5.41, 5.74) is 1.58. The molecule has 0 aromatic heterocycles. The molecule has 1 saturated heterocycles. The zero-order valence-corrected chi connectivity index (χ0v) is 17.3. The van der Waals surface area contributed by atoms with Gasteiger partial charge >= 0.3 is 0 Å². The summed E-state index contributed by atoms with van der Waals surface area (Å²) in [6.07, 6.45) is 1.89. The van der Waals surface area contributed by atoms with Crippen LogP contribution in [0.15, 0.2) is 48.2 Å². The van der Waals surface area contributed by atoms with Crippen LogP contribution >= 0.6 is 23.2 Å². The summed E-state index contributed by atoms with van der Waals surface area (Å²) in [4.78, 5) is 29.8. The summed E-state index contributed by atoms with van der Waals surface area (Å²) >= 11 is 11.9. The van der Waals surface area contributed by atoms with Gasteiger partial charge in [-0.3, -0.25) is 9.59 Å². The van der Waals surface area contributed by atoms with Gasteiger partial charge in [-0.15, -0.1) is 0 Å². The summed E-state index contributed by atoms with van der Waals surface area (Å²) in [5, 5.41) is 0.401. The molecule has 0 N–H and O–H groups in total. The van der Waals surface area contributed by atoms with Crippen molar-refractivity contribution in [2.24, 2.45) is 5.92 Å². The van der Waals surface area contributed by atoms with Gasteiger partial charge in [0.15, 0.2) is 0 Å². The maximum absolute atomic E-state index is 13.6. The molecule has 0 saturated carbocycles. The summed E-state index contributed by atoms with van der Waals surface area (Å²) in [6.45, 7) is 3.58. The molecule has 2 amide bonds. The van der Waals surface area contributed by atoms with Crippen LogP contribution in [0.25, 0.3) is 5.57 Å². The average molecular weight is 433 g/mol. The summed E-state index contributed by atoms with van der Waals surface area (Å²) in [5.74, 6) is -0.901. The minimum absolute atomic E-state index is 0.142. The van der Waals surface area contributed by atoms with E-state index in [4.69, 9.17) is 23.2 Å². The lowest BCUT2D eigenvalue weighted by Gasteiger charge is -2.32. The smallest absolute Gasteiger partial charge is 0.282 e. The highest BCUT2D eigenvalue weighted by Crippen LogP contribution is 2.37. The van der Waals surface area contributed by atoms with E-state index in [-0.39, 0.29) is 10.7 Å². The third-order valence-electron chi connectivity index (χ3n) is 5.45. The van der Waals surface area contributed by atoms with Gasteiger partial charge in [0.1, 0.15) is 11.5 Å². The van der Waals surface area contributed by atoms with Crippen LogP contribution in [0.5, 0.6) is 0 Å². The Morgan fingerprint density at radius 2 is 1.62 bits per heavy atom. The number of piperidine rings is 1. The van der Waals surface area contributed by atoms with Crippen LogP contribution in [0.1, 0.15) is 25.3 Å². The topological polar surface area (TPSA) is 40.6 Å². The molecule has 29 heavy (non-hydrogen) atoms. The molecule has 7 heteroatoms. The van der Waals surface area contributed by atoms with E-state index in [9.17, 15) is 14.0 Å². The maximum Gasteiger partial charge on any atom is 0.282 e. The van der Waals surface area contributed by atoms with Crippen LogP contribution < -0.4 is 4.90 Å². The second-order valence-corrected chi connectivity index (χ2v) is 8.29. The lowest BCUT2D eigenvalue weighted by molar-refractivity contribution is -0.120. The van der Waals surface area contributed by atoms with Crippen molar-refractivity contribution >= 4 is 46.3 Å². The fourth-order valence-electron chi connectivity index (χ4n) is 3.78. The molecule has 2 aromatic carbocycles. The summed E-state index contributed by atoms with van der Waals surface area (Å²) in [6, 6.07) is 10.7. The fourth-order valence-corrected chi connectivity index (χ4v) is 4.08. The molecule has 0 aliphatic carbocycles. The quantitative estimate of drug-likeness (QED) is 0.629.